The molecule has 0 bridgehead atoms. The number of benzene rings is 1. The van der Waals surface area contributed by atoms with Gasteiger partial charge in [0.1, 0.15) is 5.75 Å². The second kappa shape index (κ2) is 8.58. The molecule has 0 unspecified atom stereocenters. The third-order valence-electron chi connectivity index (χ3n) is 4.72. The van der Waals surface area contributed by atoms with Crippen molar-refractivity contribution in [1.82, 2.24) is 24.6 Å². The summed E-state index contributed by atoms with van der Waals surface area (Å²) < 4.78 is 8.30. The maximum atomic E-state index is 12.8. The molecule has 1 saturated carbocycles. The Bertz CT molecular complexity index is 1110. The predicted molar refractivity (Wildman–Crippen MR) is 113 cm³/mol. The van der Waals surface area contributed by atoms with Crippen molar-refractivity contribution in [1.29, 1.82) is 0 Å². The number of ether oxygens (including phenoxy) is 1. The number of urea groups is 1. The average molecular weight is 429 g/mol. The van der Waals surface area contributed by atoms with E-state index in [0.717, 1.165) is 18.4 Å². The van der Waals surface area contributed by atoms with Gasteiger partial charge in [0.15, 0.2) is 5.82 Å². The molecule has 0 spiro atoms. The molecule has 3 aromatic rings. The van der Waals surface area contributed by atoms with Crippen LogP contribution in [0.3, 0.4) is 0 Å². The number of halogens is 1. The first-order valence-electron chi connectivity index (χ1n) is 9.55. The number of hydrogen-bond acceptors (Lipinski definition) is 5. The third-order valence-corrected chi connectivity index (χ3v) is 4.96. The largest absolute Gasteiger partial charge is 0.495 e. The van der Waals surface area contributed by atoms with Gasteiger partial charge >= 0.3 is 11.7 Å². The van der Waals surface area contributed by atoms with Crippen LogP contribution >= 0.6 is 11.6 Å². The first-order valence-corrected chi connectivity index (χ1v) is 9.92. The first kappa shape index (κ1) is 20.0. The minimum Gasteiger partial charge on any atom is -0.495 e. The lowest BCUT2D eigenvalue weighted by Gasteiger charge is -2.11. The fourth-order valence-corrected chi connectivity index (χ4v) is 3.31. The number of hydrogen-bond donors (Lipinski definition) is 2. The van der Waals surface area contributed by atoms with Gasteiger partial charge in [-0.05, 0) is 43.2 Å². The van der Waals surface area contributed by atoms with Gasteiger partial charge in [0.25, 0.3) is 0 Å². The zero-order valence-corrected chi connectivity index (χ0v) is 17.1. The highest BCUT2D eigenvalue weighted by Gasteiger charge is 2.30. The van der Waals surface area contributed by atoms with Gasteiger partial charge in [-0.25, -0.2) is 14.3 Å². The number of pyridine rings is 1. The average Bonchev–Trinajstić information content (AvgIpc) is 3.53. The lowest BCUT2D eigenvalue weighted by molar-refractivity contribution is 0.251. The summed E-state index contributed by atoms with van der Waals surface area (Å²) >= 11 is 5.98. The van der Waals surface area contributed by atoms with Crippen LogP contribution in [0.1, 0.15) is 18.9 Å². The Hall–Kier alpha value is -3.33. The molecule has 2 aromatic heterocycles. The molecule has 1 aliphatic carbocycles. The Kier molecular flexibility index (Phi) is 5.71. The van der Waals surface area contributed by atoms with Gasteiger partial charge in [0, 0.05) is 35.6 Å². The molecular weight excluding hydrogens is 408 g/mol. The van der Waals surface area contributed by atoms with Crippen LogP contribution in [-0.2, 0) is 6.54 Å². The summed E-state index contributed by atoms with van der Waals surface area (Å²) in [4.78, 5) is 29.2. The summed E-state index contributed by atoms with van der Waals surface area (Å²) in [5.74, 6) is 1.10. The highest BCUT2D eigenvalue weighted by atomic mass is 35.5. The van der Waals surface area contributed by atoms with E-state index in [1.165, 1.54) is 11.8 Å². The molecule has 4 rings (SSSR count). The topological polar surface area (TPSA) is 103 Å². The van der Waals surface area contributed by atoms with Crippen LogP contribution in [0.15, 0.2) is 47.5 Å². The molecule has 2 N–H and O–H groups in total. The minimum absolute atomic E-state index is 0.174. The zero-order valence-electron chi connectivity index (χ0n) is 16.3. The molecule has 2 amide bonds. The van der Waals surface area contributed by atoms with Gasteiger partial charge in [-0.3, -0.25) is 9.55 Å². The standard InChI is InChI=1S/C20H21ClN6O3/c1-30-17-7-4-14(21)11-16(17)24-19(28)23-9-10-26-20(29)27(15-5-6-15)18(25-26)13-3-2-8-22-12-13/h2-4,7-8,11-12,15H,5-6,9-10H2,1H3,(H2,23,24,28). The number of rotatable bonds is 7. The number of nitrogens with one attached hydrogen (secondary N) is 2. The van der Waals surface area contributed by atoms with Gasteiger partial charge in [-0.15, -0.1) is 5.10 Å². The number of amides is 2. The maximum absolute atomic E-state index is 12.8. The molecule has 0 radical (unpaired) electrons. The van der Waals surface area contributed by atoms with Gasteiger partial charge in [0.2, 0.25) is 0 Å². The second-order valence-corrected chi connectivity index (χ2v) is 7.33. The quantitative estimate of drug-likeness (QED) is 0.602. The molecule has 1 aliphatic rings. The number of aromatic nitrogens is 4. The zero-order chi connectivity index (χ0) is 21.1. The van der Waals surface area contributed by atoms with Crippen molar-refractivity contribution in [2.24, 2.45) is 0 Å². The highest BCUT2D eigenvalue weighted by molar-refractivity contribution is 6.31. The Morgan fingerprint density at radius 3 is 2.87 bits per heavy atom. The smallest absolute Gasteiger partial charge is 0.346 e. The fourth-order valence-electron chi connectivity index (χ4n) is 3.14. The molecule has 0 atom stereocenters. The Labute approximate surface area is 177 Å². The summed E-state index contributed by atoms with van der Waals surface area (Å²) in [6.07, 6.45) is 5.29. The van der Waals surface area contributed by atoms with Crippen molar-refractivity contribution >= 4 is 23.3 Å². The van der Waals surface area contributed by atoms with Crippen molar-refractivity contribution in [3.8, 4) is 17.1 Å². The van der Waals surface area contributed by atoms with E-state index in [2.05, 4.69) is 20.7 Å². The van der Waals surface area contributed by atoms with Crippen LogP contribution in [0.4, 0.5) is 10.5 Å². The van der Waals surface area contributed by atoms with Gasteiger partial charge in [0.05, 0.1) is 19.3 Å². The third kappa shape index (κ3) is 4.30. The molecular formula is C20H21ClN6O3. The van der Waals surface area contributed by atoms with E-state index in [9.17, 15) is 9.59 Å². The van der Waals surface area contributed by atoms with E-state index < -0.39 is 6.03 Å². The van der Waals surface area contributed by atoms with Crippen molar-refractivity contribution in [2.75, 3.05) is 19.0 Å². The van der Waals surface area contributed by atoms with Crippen LogP contribution in [0.5, 0.6) is 5.75 Å². The van der Waals surface area contributed by atoms with E-state index in [0.29, 0.717) is 22.3 Å². The molecule has 30 heavy (non-hydrogen) atoms. The summed E-state index contributed by atoms with van der Waals surface area (Å²) in [7, 11) is 1.51. The second-order valence-electron chi connectivity index (χ2n) is 6.90. The number of anilines is 1. The molecule has 0 saturated heterocycles. The van der Waals surface area contributed by atoms with E-state index >= 15 is 0 Å². The van der Waals surface area contributed by atoms with Gasteiger partial charge < -0.3 is 15.4 Å². The molecule has 1 aromatic carbocycles. The Balaban J connectivity index is 1.43. The van der Waals surface area contributed by atoms with E-state index in [1.807, 2.05) is 12.1 Å². The maximum Gasteiger partial charge on any atom is 0.346 e. The van der Waals surface area contributed by atoms with Crippen LogP contribution in [-0.4, -0.2) is 39.0 Å². The van der Waals surface area contributed by atoms with Crippen molar-refractivity contribution in [2.45, 2.75) is 25.4 Å². The first-order chi connectivity index (χ1) is 14.6. The van der Waals surface area contributed by atoms with Gasteiger partial charge in [-0.2, -0.15) is 0 Å². The lowest BCUT2D eigenvalue weighted by atomic mass is 10.3. The van der Waals surface area contributed by atoms with Crippen molar-refractivity contribution in [3.63, 3.8) is 0 Å². The Morgan fingerprint density at radius 1 is 1.33 bits per heavy atom. The Morgan fingerprint density at radius 2 is 2.17 bits per heavy atom. The highest BCUT2D eigenvalue weighted by Crippen LogP contribution is 2.36. The van der Waals surface area contributed by atoms with E-state index in [1.54, 1.807) is 35.2 Å². The number of nitrogens with zero attached hydrogens (tertiary/aromatic N) is 4. The molecule has 2 heterocycles. The van der Waals surface area contributed by atoms with E-state index in [-0.39, 0.29) is 24.8 Å². The van der Waals surface area contributed by atoms with Gasteiger partial charge in [-0.1, -0.05) is 11.6 Å². The predicted octanol–water partition coefficient (Wildman–Crippen LogP) is 2.93. The van der Waals surface area contributed by atoms with Crippen LogP contribution < -0.4 is 21.1 Å². The molecule has 9 nitrogen and oxygen atoms in total. The monoisotopic (exact) mass is 428 g/mol. The number of methoxy groups -OCH3 is 1. The van der Waals surface area contributed by atoms with Crippen LogP contribution in [0, 0.1) is 0 Å². The summed E-state index contributed by atoms with van der Waals surface area (Å²) in [5.41, 5.74) is 1.06. The van der Waals surface area contributed by atoms with E-state index in [4.69, 9.17) is 16.3 Å². The minimum atomic E-state index is -0.433. The molecule has 10 heteroatoms. The number of carbonyl (C=O) groups excluding carboxylic acids is 1. The summed E-state index contributed by atoms with van der Waals surface area (Å²) in [6, 6.07) is 8.37. The molecule has 0 aliphatic heterocycles. The van der Waals surface area contributed by atoms with Crippen molar-refractivity contribution < 1.29 is 9.53 Å². The SMILES string of the molecule is COc1ccc(Cl)cc1NC(=O)NCCn1nc(-c2cccnc2)n(C2CC2)c1=O. The molecule has 156 valence electrons. The number of carbonyl (C=O) groups is 1. The normalized spacial score (nSPS) is 13.1. The fraction of sp³-hybridized carbons (Fsp3) is 0.300. The van der Waals surface area contributed by atoms with Crippen LogP contribution in [0.25, 0.3) is 11.4 Å². The lowest BCUT2D eigenvalue weighted by Crippen LogP contribution is -2.34. The molecule has 1 fully saturated rings. The van der Waals surface area contributed by atoms with Crippen molar-refractivity contribution in [3.05, 3.63) is 58.2 Å². The summed E-state index contributed by atoms with van der Waals surface area (Å²) in [5, 5.41) is 10.4. The van der Waals surface area contributed by atoms with Crippen LogP contribution in [0.2, 0.25) is 5.02 Å². The summed E-state index contributed by atoms with van der Waals surface area (Å²) in [6.45, 7) is 0.467.